The van der Waals surface area contributed by atoms with Gasteiger partial charge in [0.1, 0.15) is 5.76 Å². The summed E-state index contributed by atoms with van der Waals surface area (Å²) in [5.74, 6) is 2.17. The summed E-state index contributed by atoms with van der Waals surface area (Å²) in [6.45, 7) is 4.09. The number of carbonyl (C=O) groups excluding carboxylic acids is 1. The zero-order chi connectivity index (χ0) is 17.1. The molecule has 132 valence electrons. The van der Waals surface area contributed by atoms with Gasteiger partial charge in [-0.3, -0.25) is 9.69 Å². The van der Waals surface area contributed by atoms with Crippen molar-refractivity contribution in [3.8, 4) is 0 Å². The Morgan fingerprint density at radius 2 is 1.92 bits per heavy atom. The van der Waals surface area contributed by atoms with E-state index in [0.29, 0.717) is 11.8 Å². The number of rotatable bonds is 6. The number of furan rings is 1. The molecular formula is C21H26N2O2. The van der Waals surface area contributed by atoms with Crippen LogP contribution in [0.4, 0.5) is 0 Å². The highest BCUT2D eigenvalue weighted by Crippen LogP contribution is 2.47. The molecule has 1 saturated heterocycles. The van der Waals surface area contributed by atoms with E-state index in [2.05, 4.69) is 40.5 Å². The SMILES string of the molecule is O=C(NCC1CCN(Cc2ccccc2)CC1)[C@@H]1C[C@H]1c1ccco1. The van der Waals surface area contributed by atoms with E-state index in [-0.39, 0.29) is 11.8 Å². The number of benzene rings is 1. The van der Waals surface area contributed by atoms with Crippen LogP contribution in [0.3, 0.4) is 0 Å². The number of nitrogens with one attached hydrogen (secondary N) is 1. The van der Waals surface area contributed by atoms with Crippen LogP contribution in [0.25, 0.3) is 0 Å². The predicted octanol–water partition coefficient (Wildman–Crippen LogP) is 3.41. The molecule has 1 aromatic heterocycles. The Morgan fingerprint density at radius 1 is 1.12 bits per heavy atom. The number of hydrogen-bond donors (Lipinski definition) is 1. The van der Waals surface area contributed by atoms with Crippen molar-refractivity contribution in [1.29, 1.82) is 0 Å². The van der Waals surface area contributed by atoms with Crippen LogP contribution < -0.4 is 5.32 Å². The first-order valence-corrected chi connectivity index (χ1v) is 9.37. The van der Waals surface area contributed by atoms with E-state index in [1.54, 1.807) is 6.26 Å². The maximum absolute atomic E-state index is 12.3. The second-order valence-electron chi connectivity index (χ2n) is 7.41. The summed E-state index contributed by atoms with van der Waals surface area (Å²) in [7, 11) is 0. The van der Waals surface area contributed by atoms with Gasteiger partial charge < -0.3 is 9.73 Å². The third-order valence-corrected chi connectivity index (χ3v) is 5.56. The fourth-order valence-electron chi connectivity index (χ4n) is 3.87. The molecule has 0 spiro atoms. The average molecular weight is 338 g/mol. The van der Waals surface area contributed by atoms with Gasteiger partial charge >= 0.3 is 0 Å². The van der Waals surface area contributed by atoms with E-state index in [9.17, 15) is 4.79 Å². The molecule has 4 rings (SSSR count). The minimum absolute atomic E-state index is 0.115. The van der Waals surface area contributed by atoms with Gasteiger partial charge in [-0.2, -0.15) is 0 Å². The topological polar surface area (TPSA) is 45.5 Å². The van der Waals surface area contributed by atoms with Gasteiger partial charge in [-0.1, -0.05) is 30.3 Å². The summed E-state index contributed by atoms with van der Waals surface area (Å²) >= 11 is 0. The summed E-state index contributed by atoms with van der Waals surface area (Å²) in [6.07, 6.45) is 4.94. The quantitative estimate of drug-likeness (QED) is 0.878. The van der Waals surface area contributed by atoms with Crippen molar-refractivity contribution < 1.29 is 9.21 Å². The van der Waals surface area contributed by atoms with Crippen LogP contribution in [0.5, 0.6) is 0 Å². The number of carbonyl (C=O) groups is 1. The van der Waals surface area contributed by atoms with Crippen LogP contribution in [0.15, 0.2) is 53.1 Å². The molecule has 1 aromatic carbocycles. The standard InChI is InChI=1S/C21H26N2O2/c24-21(19-13-18(19)20-7-4-12-25-20)22-14-16-8-10-23(11-9-16)15-17-5-2-1-3-6-17/h1-7,12,16,18-19H,8-11,13-15H2,(H,22,24)/t18-,19-/m1/s1. The number of likely N-dealkylation sites (tertiary alicyclic amines) is 1. The summed E-state index contributed by atoms with van der Waals surface area (Å²) < 4.78 is 5.41. The first-order valence-electron chi connectivity index (χ1n) is 9.37. The fourth-order valence-corrected chi connectivity index (χ4v) is 3.87. The van der Waals surface area contributed by atoms with Crippen LogP contribution >= 0.6 is 0 Å². The molecule has 0 bridgehead atoms. The zero-order valence-electron chi connectivity index (χ0n) is 14.6. The highest BCUT2D eigenvalue weighted by Gasteiger charge is 2.45. The molecule has 4 heteroatoms. The molecule has 4 nitrogen and oxygen atoms in total. The molecule has 1 N–H and O–H groups in total. The minimum atomic E-state index is 0.115. The van der Waals surface area contributed by atoms with Crippen LogP contribution in [-0.2, 0) is 11.3 Å². The number of amides is 1. The van der Waals surface area contributed by atoms with Crippen molar-refractivity contribution in [3.05, 3.63) is 60.1 Å². The fraction of sp³-hybridized carbons (Fsp3) is 0.476. The van der Waals surface area contributed by atoms with Crippen molar-refractivity contribution in [2.75, 3.05) is 19.6 Å². The lowest BCUT2D eigenvalue weighted by atomic mass is 9.96. The lowest BCUT2D eigenvalue weighted by molar-refractivity contribution is -0.122. The zero-order valence-corrected chi connectivity index (χ0v) is 14.6. The molecule has 2 atom stereocenters. The highest BCUT2D eigenvalue weighted by molar-refractivity contribution is 5.82. The summed E-state index contributed by atoms with van der Waals surface area (Å²) in [5.41, 5.74) is 1.38. The Labute approximate surface area is 149 Å². The Bertz CT molecular complexity index is 675. The van der Waals surface area contributed by atoms with Gasteiger partial charge in [-0.15, -0.1) is 0 Å². The highest BCUT2D eigenvalue weighted by atomic mass is 16.3. The first kappa shape index (κ1) is 16.4. The van der Waals surface area contributed by atoms with Gasteiger partial charge in [0.25, 0.3) is 0 Å². The molecule has 25 heavy (non-hydrogen) atoms. The molecule has 2 aliphatic rings. The lowest BCUT2D eigenvalue weighted by Gasteiger charge is -2.32. The van der Waals surface area contributed by atoms with Crippen molar-refractivity contribution in [2.24, 2.45) is 11.8 Å². The predicted molar refractivity (Wildman–Crippen MR) is 97.0 cm³/mol. The maximum Gasteiger partial charge on any atom is 0.223 e. The Balaban J connectivity index is 1.16. The summed E-state index contributed by atoms with van der Waals surface area (Å²) in [5, 5.41) is 3.17. The third-order valence-electron chi connectivity index (χ3n) is 5.56. The molecule has 0 radical (unpaired) electrons. The molecule has 1 aliphatic heterocycles. The van der Waals surface area contributed by atoms with Crippen molar-refractivity contribution >= 4 is 5.91 Å². The summed E-state index contributed by atoms with van der Waals surface area (Å²) in [6, 6.07) is 14.5. The molecule has 1 amide bonds. The molecular weight excluding hydrogens is 312 g/mol. The first-order chi connectivity index (χ1) is 12.3. The summed E-state index contributed by atoms with van der Waals surface area (Å²) in [4.78, 5) is 14.8. The second kappa shape index (κ2) is 7.44. The van der Waals surface area contributed by atoms with Gasteiger partial charge in [0.2, 0.25) is 5.91 Å². The smallest absolute Gasteiger partial charge is 0.223 e. The van der Waals surface area contributed by atoms with Crippen LogP contribution in [0.2, 0.25) is 0 Å². The Morgan fingerprint density at radius 3 is 2.64 bits per heavy atom. The second-order valence-corrected chi connectivity index (χ2v) is 7.41. The van der Waals surface area contributed by atoms with Crippen LogP contribution in [-0.4, -0.2) is 30.4 Å². The van der Waals surface area contributed by atoms with E-state index < -0.39 is 0 Å². The number of hydrogen-bond acceptors (Lipinski definition) is 3. The van der Waals surface area contributed by atoms with E-state index in [0.717, 1.165) is 38.4 Å². The van der Waals surface area contributed by atoms with Gasteiger partial charge in [-0.25, -0.2) is 0 Å². The van der Waals surface area contributed by atoms with Crippen molar-refractivity contribution in [2.45, 2.75) is 31.7 Å². The van der Waals surface area contributed by atoms with E-state index in [4.69, 9.17) is 4.42 Å². The number of piperidine rings is 1. The van der Waals surface area contributed by atoms with Crippen molar-refractivity contribution in [1.82, 2.24) is 10.2 Å². The van der Waals surface area contributed by atoms with Crippen LogP contribution in [0.1, 0.15) is 36.5 Å². The van der Waals surface area contributed by atoms with E-state index in [1.807, 2.05) is 12.1 Å². The minimum Gasteiger partial charge on any atom is -0.469 e. The molecule has 2 fully saturated rings. The lowest BCUT2D eigenvalue weighted by Crippen LogP contribution is -2.38. The average Bonchev–Trinajstić information content (AvgIpc) is 3.27. The van der Waals surface area contributed by atoms with Gasteiger partial charge in [-0.05, 0) is 56.0 Å². The molecule has 1 saturated carbocycles. The van der Waals surface area contributed by atoms with Crippen molar-refractivity contribution in [3.63, 3.8) is 0 Å². The molecule has 0 unspecified atom stereocenters. The van der Waals surface area contributed by atoms with Crippen LogP contribution in [0, 0.1) is 11.8 Å². The van der Waals surface area contributed by atoms with E-state index >= 15 is 0 Å². The molecule has 1 aliphatic carbocycles. The van der Waals surface area contributed by atoms with Gasteiger partial charge in [0, 0.05) is 24.9 Å². The Kier molecular flexibility index (Phi) is 4.88. The Hall–Kier alpha value is -2.07. The van der Waals surface area contributed by atoms with Gasteiger partial charge in [0.15, 0.2) is 0 Å². The molecule has 2 heterocycles. The van der Waals surface area contributed by atoms with E-state index in [1.165, 1.54) is 18.4 Å². The van der Waals surface area contributed by atoms with Gasteiger partial charge in [0.05, 0.1) is 6.26 Å². The maximum atomic E-state index is 12.3. The normalized spacial score (nSPS) is 24.2. The number of nitrogens with zero attached hydrogens (tertiary/aromatic N) is 1. The monoisotopic (exact) mass is 338 g/mol. The largest absolute Gasteiger partial charge is 0.469 e. The molecule has 2 aromatic rings. The third kappa shape index (κ3) is 4.13.